The zero-order valence-electron chi connectivity index (χ0n) is 10.5. The fraction of sp³-hybridized carbons (Fsp3) is 0.133. The van der Waals surface area contributed by atoms with Crippen LogP contribution in [0.5, 0.6) is 5.75 Å². The van der Waals surface area contributed by atoms with Gasteiger partial charge in [0.15, 0.2) is 0 Å². The van der Waals surface area contributed by atoms with Crippen LogP contribution in [0.25, 0.3) is 10.1 Å². The van der Waals surface area contributed by atoms with E-state index >= 15 is 0 Å². The number of nitrogens with zero attached hydrogens (tertiary/aromatic N) is 1. The summed E-state index contributed by atoms with van der Waals surface area (Å²) >= 11 is 1.72. The van der Waals surface area contributed by atoms with Crippen molar-refractivity contribution in [1.29, 1.82) is 0 Å². The predicted octanol–water partition coefficient (Wildman–Crippen LogP) is 3.35. The first kappa shape index (κ1) is 12.1. The van der Waals surface area contributed by atoms with E-state index in [4.69, 9.17) is 10.5 Å². The Kier molecular flexibility index (Phi) is 3.19. The summed E-state index contributed by atoms with van der Waals surface area (Å²) in [7, 11) is 1.63. The van der Waals surface area contributed by atoms with E-state index in [0.29, 0.717) is 0 Å². The van der Waals surface area contributed by atoms with Crippen molar-refractivity contribution in [3.8, 4) is 5.75 Å². The van der Waals surface area contributed by atoms with Gasteiger partial charge in [-0.2, -0.15) is 0 Å². The first-order valence-corrected chi connectivity index (χ1v) is 6.82. The molecule has 2 heterocycles. The van der Waals surface area contributed by atoms with Crippen LogP contribution in [-0.4, -0.2) is 12.1 Å². The van der Waals surface area contributed by atoms with Crippen LogP contribution in [0.2, 0.25) is 0 Å². The smallest absolute Gasteiger partial charge is 0.137 e. The van der Waals surface area contributed by atoms with E-state index in [9.17, 15) is 0 Å². The number of pyridine rings is 1. The van der Waals surface area contributed by atoms with E-state index in [1.807, 2.05) is 18.2 Å². The Morgan fingerprint density at radius 2 is 2.05 bits per heavy atom. The third-order valence-electron chi connectivity index (χ3n) is 3.08. The molecule has 1 atom stereocenters. The Bertz CT molecular complexity index is 675. The number of rotatable bonds is 3. The lowest BCUT2D eigenvalue weighted by molar-refractivity contribution is 0.412. The Labute approximate surface area is 115 Å². The van der Waals surface area contributed by atoms with Crippen molar-refractivity contribution in [3.63, 3.8) is 0 Å². The second-order valence-electron chi connectivity index (χ2n) is 4.32. The Morgan fingerprint density at radius 1 is 1.21 bits per heavy atom. The Morgan fingerprint density at radius 3 is 2.84 bits per heavy atom. The maximum atomic E-state index is 6.32. The first-order valence-electron chi connectivity index (χ1n) is 6.01. The summed E-state index contributed by atoms with van der Waals surface area (Å²) in [6.45, 7) is 0. The van der Waals surface area contributed by atoms with Gasteiger partial charge in [0, 0.05) is 15.8 Å². The summed E-state index contributed by atoms with van der Waals surface area (Å²) in [6, 6.07) is 12.2. The summed E-state index contributed by atoms with van der Waals surface area (Å²) in [5, 5.41) is 1.23. The van der Waals surface area contributed by atoms with Crippen molar-refractivity contribution >= 4 is 21.4 Å². The summed E-state index contributed by atoms with van der Waals surface area (Å²) < 4.78 is 6.44. The standard InChI is InChI=1S/C15H14N2OS/c1-18-12-6-11(8-17-9-12)15(16)14-7-10-4-2-3-5-13(10)19-14/h2-9,15H,16H2,1H3. The average molecular weight is 270 g/mol. The molecule has 0 bridgehead atoms. The van der Waals surface area contributed by atoms with Crippen LogP contribution >= 0.6 is 11.3 Å². The SMILES string of the molecule is COc1cncc(C(N)c2cc3ccccc3s2)c1. The molecule has 0 aliphatic rings. The molecule has 19 heavy (non-hydrogen) atoms. The summed E-state index contributed by atoms with van der Waals surface area (Å²) in [4.78, 5) is 5.29. The fourth-order valence-electron chi connectivity index (χ4n) is 2.04. The summed E-state index contributed by atoms with van der Waals surface area (Å²) in [6.07, 6.45) is 3.47. The van der Waals surface area contributed by atoms with E-state index in [0.717, 1.165) is 16.2 Å². The molecule has 0 fully saturated rings. The topological polar surface area (TPSA) is 48.1 Å². The Hall–Kier alpha value is -1.91. The van der Waals surface area contributed by atoms with Crippen LogP contribution in [-0.2, 0) is 0 Å². The highest BCUT2D eigenvalue weighted by Gasteiger charge is 2.13. The number of aromatic nitrogens is 1. The lowest BCUT2D eigenvalue weighted by Gasteiger charge is -2.10. The van der Waals surface area contributed by atoms with E-state index in [2.05, 4.69) is 23.2 Å². The van der Waals surface area contributed by atoms with Gasteiger partial charge in [0.05, 0.1) is 19.3 Å². The van der Waals surface area contributed by atoms with Gasteiger partial charge in [-0.05, 0) is 29.1 Å². The molecule has 0 aliphatic carbocycles. The van der Waals surface area contributed by atoms with Crippen LogP contribution in [0.15, 0.2) is 48.8 Å². The molecule has 0 radical (unpaired) electrons. The molecule has 96 valence electrons. The number of benzene rings is 1. The molecular formula is C15H14N2OS. The minimum Gasteiger partial charge on any atom is -0.495 e. The van der Waals surface area contributed by atoms with E-state index in [1.165, 1.54) is 10.1 Å². The number of hydrogen-bond donors (Lipinski definition) is 1. The van der Waals surface area contributed by atoms with Gasteiger partial charge >= 0.3 is 0 Å². The van der Waals surface area contributed by atoms with Crippen molar-refractivity contribution < 1.29 is 4.74 Å². The molecule has 0 saturated carbocycles. The Balaban J connectivity index is 2.00. The number of thiophene rings is 1. The largest absolute Gasteiger partial charge is 0.495 e. The zero-order valence-corrected chi connectivity index (χ0v) is 11.4. The van der Waals surface area contributed by atoms with Crippen LogP contribution in [0.3, 0.4) is 0 Å². The van der Waals surface area contributed by atoms with Gasteiger partial charge in [0.2, 0.25) is 0 Å². The lowest BCUT2D eigenvalue weighted by Crippen LogP contribution is -2.10. The van der Waals surface area contributed by atoms with Gasteiger partial charge < -0.3 is 10.5 Å². The van der Waals surface area contributed by atoms with E-state index in [1.54, 1.807) is 30.8 Å². The van der Waals surface area contributed by atoms with Crippen LogP contribution < -0.4 is 10.5 Å². The highest BCUT2D eigenvalue weighted by Crippen LogP contribution is 2.32. The third kappa shape index (κ3) is 2.32. The number of nitrogens with two attached hydrogens (primary N) is 1. The van der Waals surface area contributed by atoms with Gasteiger partial charge in [-0.3, -0.25) is 4.98 Å². The molecule has 3 nitrogen and oxygen atoms in total. The quantitative estimate of drug-likeness (QED) is 0.794. The number of methoxy groups -OCH3 is 1. The second kappa shape index (κ2) is 4.99. The fourth-order valence-corrected chi connectivity index (χ4v) is 3.13. The average Bonchev–Trinajstić information content (AvgIpc) is 2.90. The molecule has 1 aromatic carbocycles. The van der Waals surface area contributed by atoms with E-state index < -0.39 is 0 Å². The molecule has 1 unspecified atom stereocenters. The maximum Gasteiger partial charge on any atom is 0.137 e. The van der Waals surface area contributed by atoms with E-state index in [-0.39, 0.29) is 6.04 Å². The highest BCUT2D eigenvalue weighted by atomic mass is 32.1. The van der Waals surface area contributed by atoms with Gasteiger partial charge in [0.25, 0.3) is 0 Å². The first-order chi connectivity index (χ1) is 9.28. The van der Waals surface area contributed by atoms with Crippen molar-refractivity contribution in [2.45, 2.75) is 6.04 Å². The summed E-state index contributed by atoms with van der Waals surface area (Å²) in [5.41, 5.74) is 7.28. The predicted molar refractivity (Wildman–Crippen MR) is 78.6 cm³/mol. The number of ether oxygens (including phenoxy) is 1. The number of fused-ring (bicyclic) bond motifs is 1. The van der Waals surface area contributed by atoms with Gasteiger partial charge in [-0.25, -0.2) is 0 Å². The molecule has 3 aromatic rings. The maximum absolute atomic E-state index is 6.32. The molecule has 0 amide bonds. The van der Waals surface area contributed by atoms with Crippen molar-refractivity contribution in [2.75, 3.05) is 7.11 Å². The summed E-state index contributed by atoms with van der Waals surface area (Å²) in [5.74, 6) is 0.731. The van der Waals surface area contributed by atoms with Crippen molar-refractivity contribution in [1.82, 2.24) is 4.98 Å². The zero-order chi connectivity index (χ0) is 13.2. The molecule has 4 heteroatoms. The molecule has 0 saturated heterocycles. The molecule has 0 aliphatic heterocycles. The number of hydrogen-bond acceptors (Lipinski definition) is 4. The van der Waals surface area contributed by atoms with Gasteiger partial charge in [0.1, 0.15) is 5.75 Å². The lowest BCUT2D eigenvalue weighted by atomic mass is 10.1. The van der Waals surface area contributed by atoms with Gasteiger partial charge in [-0.15, -0.1) is 11.3 Å². The van der Waals surface area contributed by atoms with Gasteiger partial charge in [-0.1, -0.05) is 18.2 Å². The minimum atomic E-state index is -0.167. The molecule has 2 N–H and O–H groups in total. The molecular weight excluding hydrogens is 256 g/mol. The monoisotopic (exact) mass is 270 g/mol. The molecule has 2 aromatic heterocycles. The van der Waals surface area contributed by atoms with Crippen molar-refractivity contribution in [3.05, 3.63) is 59.2 Å². The highest BCUT2D eigenvalue weighted by molar-refractivity contribution is 7.19. The minimum absolute atomic E-state index is 0.167. The normalized spacial score (nSPS) is 12.5. The molecule has 3 rings (SSSR count). The second-order valence-corrected chi connectivity index (χ2v) is 5.44. The van der Waals surface area contributed by atoms with Crippen LogP contribution in [0, 0.1) is 0 Å². The van der Waals surface area contributed by atoms with Crippen molar-refractivity contribution in [2.24, 2.45) is 5.73 Å². The van der Waals surface area contributed by atoms with Crippen LogP contribution in [0.1, 0.15) is 16.5 Å². The van der Waals surface area contributed by atoms with Crippen LogP contribution in [0.4, 0.5) is 0 Å². The third-order valence-corrected chi connectivity index (χ3v) is 4.28. The molecule has 0 spiro atoms.